The van der Waals surface area contributed by atoms with Crippen LogP contribution in [0, 0.1) is 5.41 Å². The van der Waals surface area contributed by atoms with Gasteiger partial charge in [-0.25, -0.2) is 0 Å². The Morgan fingerprint density at radius 2 is 1.69 bits per heavy atom. The largest absolute Gasteiger partial charge is 0.298 e. The lowest BCUT2D eigenvalue weighted by atomic mass is 9.84. The molecule has 0 saturated carbocycles. The monoisotopic (exact) mass is 185 g/mol. The molecule has 1 nitrogen and oxygen atoms in total. The van der Waals surface area contributed by atoms with Crippen LogP contribution in [0.2, 0.25) is 0 Å². The van der Waals surface area contributed by atoms with Crippen molar-refractivity contribution >= 4 is 5.71 Å². The lowest BCUT2D eigenvalue weighted by Crippen LogP contribution is -2.11. The summed E-state index contributed by atoms with van der Waals surface area (Å²) in [5, 5.41) is 0. The summed E-state index contributed by atoms with van der Waals surface area (Å²) in [6, 6.07) is 0. The third-order valence-electron chi connectivity index (χ3n) is 2.50. The number of hydrogen-bond donors (Lipinski definition) is 0. The van der Waals surface area contributed by atoms with Crippen LogP contribution < -0.4 is 0 Å². The van der Waals surface area contributed by atoms with Gasteiger partial charge in [0.25, 0.3) is 0 Å². The van der Waals surface area contributed by atoms with E-state index in [1.807, 2.05) is 20.9 Å². The predicted molar refractivity (Wildman–Crippen MR) is 63.7 cm³/mol. The molecule has 0 heterocycles. The molecule has 0 aliphatic heterocycles. The fourth-order valence-electron chi connectivity index (χ4n) is 0.808. The molecule has 0 aromatic rings. The van der Waals surface area contributed by atoms with Crippen molar-refractivity contribution < 1.29 is 0 Å². The van der Waals surface area contributed by atoms with E-state index in [0.29, 0.717) is 5.41 Å². The molecule has 0 atom stereocenters. The van der Waals surface area contributed by atoms with E-state index in [2.05, 4.69) is 32.7 Å². The lowest BCUT2D eigenvalue weighted by Gasteiger charge is -2.21. The first kappa shape index (κ1) is 15.2. The summed E-state index contributed by atoms with van der Waals surface area (Å²) in [6.07, 6.45) is 3.66. The van der Waals surface area contributed by atoms with Crippen molar-refractivity contribution in [3.05, 3.63) is 0 Å². The highest BCUT2D eigenvalue weighted by atomic mass is 14.7. The first-order valence-electron chi connectivity index (χ1n) is 5.44. The van der Waals surface area contributed by atoms with Crippen molar-refractivity contribution in [1.82, 2.24) is 0 Å². The molecule has 0 amide bonds. The minimum Gasteiger partial charge on any atom is -0.298 e. The van der Waals surface area contributed by atoms with Crippen LogP contribution >= 0.6 is 0 Å². The summed E-state index contributed by atoms with van der Waals surface area (Å²) in [6.45, 7) is 13.0. The average molecular weight is 185 g/mol. The van der Waals surface area contributed by atoms with Gasteiger partial charge in [-0.3, -0.25) is 4.99 Å². The van der Waals surface area contributed by atoms with Crippen LogP contribution in [0.1, 0.15) is 60.8 Å². The molecule has 0 N–H and O–H groups in total. The van der Waals surface area contributed by atoms with Gasteiger partial charge in [0.15, 0.2) is 0 Å². The van der Waals surface area contributed by atoms with Crippen molar-refractivity contribution in [1.29, 1.82) is 0 Å². The molecule has 0 aliphatic rings. The normalized spacial score (nSPS) is 12.1. The number of nitrogens with zero attached hydrogens (tertiary/aromatic N) is 1. The molecule has 1 heteroatoms. The fourth-order valence-corrected chi connectivity index (χ4v) is 0.808. The number of hydrogen-bond acceptors (Lipinski definition) is 1. The SMILES string of the molecule is CC.CCC(C)(C)CCC(C)=NC. The van der Waals surface area contributed by atoms with Gasteiger partial charge in [0.1, 0.15) is 0 Å². The zero-order chi connectivity index (χ0) is 10.9. The Balaban J connectivity index is 0. The van der Waals surface area contributed by atoms with Crippen LogP contribution in [0.4, 0.5) is 0 Å². The van der Waals surface area contributed by atoms with Crippen molar-refractivity contribution in [2.24, 2.45) is 10.4 Å². The van der Waals surface area contributed by atoms with E-state index in [1.165, 1.54) is 18.6 Å². The van der Waals surface area contributed by atoms with Crippen molar-refractivity contribution in [3.63, 3.8) is 0 Å². The van der Waals surface area contributed by atoms with E-state index in [0.717, 1.165) is 6.42 Å². The molecular formula is C12H27N. The quantitative estimate of drug-likeness (QED) is 0.578. The minimum absolute atomic E-state index is 0.492. The Morgan fingerprint density at radius 1 is 1.23 bits per heavy atom. The maximum absolute atomic E-state index is 4.14. The van der Waals surface area contributed by atoms with Crippen LogP contribution in [-0.4, -0.2) is 12.8 Å². The molecule has 0 radical (unpaired) electrons. The number of aliphatic imine (C=N–C) groups is 1. The Kier molecular flexibility index (Phi) is 9.65. The summed E-state index contributed by atoms with van der Waals surface area (Å²) < 4.78 is 0. The van der Waals surface area contributed by atoms with Gasteiger partial charge >= 0.3 is 0 Å². The van der Waals surface area contributed by atoms with E-state index < -0.39 is 0 Å². The average Bonchev–Trinajstić information content (AvgIpc) is 2.17. The van der Waals surface area contributed by atoms with E-state index in [4.69, 9.17) is 0 Å². The summed E-state index contributed by atoms with van der Waals surface area (Å²) in [7, 11) is 1.87. The van der Waals surface area contributed by atoms with Gasteiger partial charge in [0.2, 0.25) is 0 Å². The molecular weight excluding hydrogens is 158 g/mol. The third kappa shape index (κ3) is 9.59. The minimum atomic E-state index is 0.492. The summed E-state index contributed by atoms with van der Waals surface area (Å²) >= 11 is 0. The van der Waals surface area contributed by atoms with Gasteiger partial charge in [-0.15, -0.1) is 0 Å². The first-order valence-corrected chi connectivity index (χ1v) is 5.44. The molecule has 13 heavy (non-hydrogen) atoms. The van der Waals surface area contributed by atoms with Gasteiger partial charge in [-0.1, -0.05) is 41.0 Å². The van der Waals surface area contributed by atoms with Gasteiger partial charge in [-0.2, -0.15) is 0 Å². The van der Waals surface area contributed by atoms with Crippen LogP contribution in [0.25, 0.3) is 0 Å². The zero-order valence-corrected chi connectivity index (χ0v) is 10.6. The van der Waals surface area contributed by atoms with Gasteiger partial charge in [-0.05, 0) is 25.2 Å². The molecule has 0 rings (SSSR count). The fraction of sp³-hybridized carbons (Fsp3) is 0.917. The molecule has 0 bridgehead atoms. The first-order chi connectivity index (χ1) is 6.02. The molecule has 80 valence electrons. The van der Waals surface area contributed by atoms with Crippen molar-refractivity contribution in [2.75, 3.05) is 7.05 Å². The molecule has 0 aromatic heterocycles. The van der Waals surface area contributed by atoms with Crippen molar-refractivity contribution in [3.8, 4) is 0 Å². The van der Waals surface area contributed by atoms with Crippen LogP contribution in [0.3, 0.4) is 0 Å². The molecule has 0 unspecified atom stereocenters. The van der Waals surface area contributed by atoms with Gasteiger partial charge in [0, 0.05) is 12.8 Å². The summed E-state index contributed by atoms with van der Waals surface area (Å²) in [4.78, 5) is 4.14. The second-order valence-corrected chi connectivity index (χ2v) is 3.98. The number of rotatable bonds is 4. The lowest BCUT2D eigenvalue weighted by molar-refractivity contribution is 0.328. The zero-order valence-electron chi connectivity index (χ0n) is 10.6. The molecule has 0 aliphatic carbocycles. The standard InChI is InChI=1S/C10H21N.C2H6/c1-6-10(3,4)8-7-9(2)11-5;1-2/h6-8H2,1-5H3;1-2H3. The molecule has 0 aromatic carbocycles. The van der Waals surface area contributed by atoms with E-state index in [-0.39, 0.29) is 0 Å². The van der Waals surface area contributed by atoms with Crippen molar-refractivity contribution in [2.45, 2.75) is 60.8 Å². The second kappa shape index (κ2) is 8.28. The maximum Gasteiger partial charge on any atom is 0.0276 e. The Labute approximate surface area is 84.7 Å². The van der Waals surface area contributed by atoms with Gasteiger partial charge < -0.3 is 0 Å². The second-order valence-electron chi connectivity index (χ2n) is 3.98. The summed E-state index contributed by atoms with van der Waals surface area (Å²) in [5.74, 6) is 0. The summed E-state index contributed by atoms with van der Waals surface area (Å²) in [5.41, 5.74) is 1.76. The van der Waals surface area contributed by atoms with E-state index in [1.54, 1.807) is 0 Å². The smallest absolute Gasteiger partial charge is 0.0276 e. The highest BCUT2D eigenvalue weighted by molar-refractivity contribution is 5.81. The Bertz CT molecular complexity index is 134. The molecule has 0 fully saturated rings. The van der Waals surface area contributed by atoms with E-state index >= 15 is 0 Å². The highest BCUT2D eigenvalue weighted by Crippen LogP contribution is 2.25. The third-order valence-corrected chi connectivity index (χ3v) is 2.50. The Hall–Kier alpha value is -0.330. The highest BCUT2D eigenvalue weighted by Gasteiger charge is 2.14. The van der Waals surface area contributed by atoms with Crippen LogP contribution in [-0.2, 0) is 0 Å². The van der Waals surface area contributed by atoms with Gasteiger partial charge in [0.05, 0.1) is 0 Å². The Morgan fingerprint density at radius 3 is 2.00 bits per heavy atom. The van der Waals surface area contributed by atoms with Crippen LogP contribution in [0.5, 0.6) is 0 Å². The predicted octanol–water partition coefficient (Wildman–Crippen LogP) is 4.32. The van der Waals surface area contributed by atoms with E-state index in [9.17, 15) is 0 Å². The molecule has 0 saturated heterocycles. The van der Waals surface area contributed by atoms with Crippen LogP contribution in [0.15, 0.2) is 4.99 Å². The maximum atomic E-state index is 4.14. The molecule has 0 spiro atoms. The topological polar surface area (TPSA) is 12.4 Å².